The lowest BCUT2D eigenvalue weighted by Gasteiger charge is -2.04. The van der Waals surface area contributed by atoms with Gasteiger partial charge in [-0.2, -0.15) is 13.9 Å². The van der Waals surface area contributed by atoms with E-state index in [0.717, 1.165) is 10.2 Å². The van der Waals surface area contributed by atoms with Gasteiger partial charge in [-0.3, -0.25) is 0 Å². The summed E-state index contributed by atoms with van der Waals surface area (Å²) in [7, 11) is 0. The van der Waals surface area contributed by atoms with Gasteiger partial charge in [0.2, 0.25) is 0 Å². The summed E-state index contributed by atoms with van der Waals surface area (Å²) in [5.74, 6) is 0. The van der Waals surface area contributed by atoms with Crippen LogP contribution in [-0.4, -0.2) is 15.8 Å². The number of alkyl halides is 2. The highest BCUT2D eigenvalue weighted by Gasteiger charge is 2.22. The molecule has 0 bridgehead atoms. The van der Waals surface area contributed by atoms with Gasteiger partial charge in [0.25, 0.3) is 0 Å². The quantitative estimate of drug-likeness (QED) is 0.834. The average molecular weight is 215 g/mol. The molecule has 1 fully saturated rings. The van der Waals surface area contributed by atoms with Crippen molar-refractivity contribution in [2.24, 2.45) is 0 Å². The summed E-state index contributed by atoms with van der Waals surface area (Å²) in [5.41, 5.74) is 2.17. The molecule has 0 aromatic carbocycles. The van der Waals surface area contributed by atoms with E-state index >= 15 is 0 Å². The molecule has 0 spiro atoms. The molecule has 1 aliphatic rings. The Morgan fingerprint density at radius 2 is 2.13 bits per heavy atom. The molecule has 1 N–H and O–H groups in total. The number of nitrogens with zero attached hydrogens (tertiary/aromatic N) is 2. The van der Waals surface area contributed by atoms with E-state index in [4.69, 9.17) is 0 Å². The third-order valence-electron chi connectivity index (χ3n) is 2.80. The zero-order valence-electron chi connectivity index (χ0n) is 8.93. The van der Waals surface area contributed by atoms with Crippen molar-refractivity contribution in [3.8, 4) is 0 Å². The first-order chi connectivity index (χ1) is 7.09. The number of hydrogen-bond acceptors (Lipinski definition) is 2. The molecule has 0 radical (unpaired) electrons. The molecular formula is C10H15F2N3. The van der Waals surface area contributed by atoms with Gasteiger partial charge in [0.15, 0.2) is 0 Å². The SMILES string of the molecule is Cc1nn(C(F)F)c(C)c1CNC1CC1. The standard InChI is InChI=1S/C10H15F2N3/c1-6-9(5-13-8-3-4-8)7(2)15(14-6)10(11)12/h8,10,13H,3-5H2,1-2H3. The molecule has 1 aromatic rings. The van der Waals surface area contributed by atoms with Crippen molar-refractivity contribution in [1.82, 2.24) is 15.1 Å². The zero-order valence-corrected chi connectivity index (χ0v) is 8.93. The summed E-state index contributed by atoms with van der Waals surface area (Å²) in [6, 6.07) is 0.582. The summed E-state index contributed by atoms with van der Waals surface area (Å²) in [5, 5.41) is 7.14. The Labute approximate surface area is 87.5 Å². The molecule has 15 heavy (non-hydrogen) atoms. The molecular weight excluding hydrogens is 200 g/mol. The maximum absolute atomic E-state index is 12.5. The van der Waals surface area contributed by atoms with Gasteiger partial charge in [0.1, 0.15) is 0 Å². The van der Waals surface area contributed by atoms with Gasteiger partial charge in [-0.05, 0) is 26.7 Å². The molecule has 1 aliphatic carbocycles. The minimum Gasteiger partial charge on any atom is -0.310 e. The van der Waals surface area contributed by atoms with E-state index in [1.54, 1.807) is 13.8 Å². The van der Waals surface area contributed by atoms with Gasteiger partial charge in [0, 0.05) is 23.8 Å². The van der Waals surface area contributed by atoms with Crippen molar-refractivity contribution in [1.29, 1.82) is 0 Å². The van der Waals surface area contributed by atoms with Gasteiger partial charge < -0.3 is 5.32 Å². The molecule has 0 saturated heterocycles. The minimum absolute atomic E-state index is 0.565. The largest absolute Gasteiger partial charge is 0.333 e. The third kappa shape index (κ3) is 2.17. The Morgan fingerprint density at radius 1 is 1.47 bits per heavy atom. The van der Waals surface area contributed by atoms with Crippen LogP contribution in [0, 0.1) is 13.8 Å². The second-order valence-corrected chi connectivity index (χ2v) is 4.03. The summed E-state index contributed by atoms with van der Waals surface area (Å²) < 4.78 is 25.8. The highest BCUT2D eigenvalue weighted by atomic mass is 19.3. The van der Waals surface area contributed by atoms with Gasteiger partial charge in [0.05, 0.1) is 5.69 Å². The number of nitrogens with one attached hydrogen (secondary N) is 1. The van der Waals surface area contributed by atoms with Gasteiger partial charge in [-0.15, -0.1) is 0 Å². The van der Waals surface area contributed by atoms with Gasteiger partial charge in [-0.25, -0.2) is 4.68 Å². The molecule has 1 heterocycles. The Morgan fingerprint density at radius 3 is 2.60 bits per heavy atom. The number of rotatable bonds is 4. The number of aryl methyl sites for hydroxylation is 1. The molecule has 3 nitrogen and oxygen atoms in total. The monoisotopic (exact) mass is 215 g/mol. The van der Waals surface area contributed by atoms with Crippen LogP contribution in [0.15, 0.2) is 0 Å². The molecule has 5 heteroatoms. The van der Waals surface area contributed by atoms with Crippen LogP contribution >= 0.6 is 0 Å². The lowest BCUT2D eigenvalue weighted by molar-refractivity contribution is 0.0540. The maximum atomic E-state index is 12.5. The first-order valence-corrected chi connectivity index (χ1v) is 5.15. The smallest absolute Gasteiger partial charge is 0.310 e. The predicted molar refractivity (Wildman–Crippen MR) is 52.8 cm³/mol. The van der Waals surface area contributed by atoms with Crippen LogP contribution in [0.25, 0.3) is 0 Å². The van der Waals surface area contributed by atoms with E-state index in [1.807, 2.05) is 0 Å². The van der Waals surface area contributed by atoms with E-state index in [-0.39, 0.29) is 0 Å². The summed E-state index contributed by atoms with van der Waals surface area (Å²) >= 11 is 0. The van der Waals surface area contributed by atoms with Crippen molar-refractivity contribution < 1.29 is 8.78 Å². The van der Waals surface area contributed by atoms with E-state index in [9.17, 15) is 8.78 Å². The van der Waals surface area contributed by atoms with E-state index in [2.05, 4.69) is 10.4 Å². The van der Waals surface area contributed by atoms with E-state index in [0.29, 0.717) is 24.0 Å². The highest BCUT2D eigenvalue weighted by molar-refractivity contribution is 5.24. The molecule has 2 rings (SSSR count). The van der Waals surface area contributed by atoms with Crippen molar-refractivity contribution in [2.45, 2.75) is 45.8 Å². The van der Waals surface area contributed by atoms with Crippen molar-refractivity contribution in [3.05, 3.63) is 17.0 Å². The van der Waals surface area contributed by atoms with E-state index in [1.165, 1.54) is 12.8 Å². The maximum Gasteiger partial charge on any atom is 0.333 e. The normalized spacial score (nSPS) is 16.3. The second kappa shape index (κ2) is 3.89. The molecule has 1 saturated carbocycles. The Hall–Kier alpha value is -0.970. The van der Waals surface area contributed by atoms with Crippen LogP contribution in [0.3, 0.4) is 0 Å². The van der Waals surface area contributed by atoms with Gasteiger partial charge >= 0.3 is 6.55 Å². The predicted octanol–water partition coefficient (Wildman–Crippen LogP) is 2.15. The Bertz CT molecular complexity index is 356. The lowest BCUT2D eigenvalue weighted by atomic mass is 10.2. The third-order valence-corrected chi connectivity index (χ3v) is 2.80. The number of halogens is 2. The van der Waals surface area contributed by atoms with Crippen LogP contribution in [0.1, 0.15) is 36.3 Å². The van der Waals surface area contributed by atoms with Crippen LogP contribution in [0.5, 0.6) is 0 Å². The second-order valence-electron chi connectivity index (χ2n) is 4.03. The topological polar surface area (TPSA) is 29.9 Å². The van der Waals surface area contributed by atoms with Crippen LogP contribution in [0.2, 0.25) is 0 Å². The molecule has 0 amide bonds. The zero-order chi connectivity index (χ0) is 11.0. The van der Waals surface area contributed by atoms with Crippen LogP contribution in [-0.2, 0) is 6.54 Å². The Balaban J connectivity index is 2.13. The lowest BCUT2D eigenvalue weighted by Crippen LogP contribution is -2.16. The summed E-state index contributed by atoms with van der Waals surface area (Å²) in [6.07, 6.45) is 2.39. The molecule has 0 aliphatic heterocycles. The molecule has 1 aromatic heterocycles. The van der Waals surface area contributed by atoms with Crippen LogP contribution in [0.4, 0.5) is 8.78 Å². The summed E-state index contributed by atoms with van der Waals surface area (Å²) in [6.45, 7) is 1.57. The molecule has 0 unspecified atom stereocenters. The van der Waals surface area contributed by atoms with Crippen molar-refractivity contribution >= 4 is 0 Å². The van der Waals surface area contributed by atoms with Gasteiger partial charge in [-0.1, -0.05) is 0 Å². The minimum atomic E-state index is -2.54. The average Bonchev–Trinajstić information content (AvgIpc) is 2.93. The molecule has 84 valence electrons. The first-order valence-electron chi connectivity index (χ1n) is 5.15. The van der Waals surface area contributed by atoms with Crippen molar-refractivity contribution in [3.63, 3.8) is 0 Å². The highest BCUT2D eigenvalue weighted by Crippen LogP contribution is 2.22. The fourth-order valence-electron chi connectivity index (χ4n) is 1.68. The Kier molecular flexibility index (Phi) is 2.73. The summed E-state index contributed by atoms with van der Waals surface area (Å²) in [4.78, 5) is 0. The van der Waals surface area contributed by atoms with Crippen LogP contribution < -0.4 is 5.32 Å². The number of hydrogen-bond donors (Lipinski definition) is 1. The fraction of sp³-hybridized carbons (Fsp3) is 0.700. The number of aromatic nitrogens is 2. The van der Waals surface area contributed by atoms with Crippen molar-refractivity contribution in [2.75, 3.05) is 0 Å². The fourth-order valence-corrected chi connectivity index (χ4v) is 1.68. The van der Waals surface area contributed by atoms with E-state index < -0.39 is 6.55 Å². The molecule has 0 atom stereocenters. The first kappa shape index (κ1) is 10.5.